The molecule has 0 radical (unpaired) electrons. The van der Waals surface area contributed by atoms with Crippen LogP contribution >= 0.6 is 27.3 Å². The number of rotatable bonds is 3. The SMILES string of the molecule is O=C(Nc1sc2c(c1C(=O)O)CCC2)c1ncccc1Br. The molecule has 108 valence electrons. The van der Waals surface area contributed by atoms with Crippen LogP contribution in [0.25, 0.3) is 0 Å². The number of aromatic nitrogens is 1. The number of carboxylic acids is 1. The number of aromatic carboxylic acids is 1. The normalized spacial score (nSPS) is 13.0. The van der Waals surface area contributed by atoms with Crippen molar-refractivity contribution in [3.8, 4) is 0 Å². The summed E-state index contributed by atoms with van der Waals surface area (Å²) in [4.78, 5) is 28.8. The van der Waals surface area contributed by atoms with Gasteiger partial charge < -0.3 is 10.4 Å². The molecule has 7 heteroatoms. The number of halogens is 1. The van der Waals surface area contributed by atoms with Crippen molar-refractivity contribution < 1.29 is 14.7 Å². The van der Waals surface area contributed by atoms with Crippen molar-refractivity contribution in [2.75, 3.05) is 5.32 Å². The van der Waals surface area contributed by atoms with E-state index in [0.29, 0.717) is 9.47 Å². The second-order valence-corrected chi connectivity index (χ2v) is 6.61. The second kappa shape index (κ2) is 5.57. The van der Waals surface area contributed by atoms with E-state index in [1.165, 1.54) is 17.5 Å². The number of pyridine rings is 1. The zero-order valence-electron chi connectivity index (χ0n) is 10.9. The Morgan fingerprint density at radius 1 is 1.38 bits per heavy atom. The number of carbonyl (C=O) groups is 2. The van der Waals surface area contributed by atoms with Crippen molar-refractivity contribution >= 4 is 44.1 Å². The van der Waals surface area contributed by atoms with Gasteiger partial charge in [0.25, 0.3) is 5.91 Å². The van der Waals surface area contributed by atoms with Crippen LogP contribution in [-0.2, 0) is 12.8 Å². The van der Waals surface area contributed by atoms with Gasteiger partial charge in [0.1, 0.15) is 10.7 Å². The number of thiophene rings is 1. The molecule has 2 N–H and O–H groups in total. The highest BCUT2D eigenvalue weighted by Gasteiger charge is 2.27. The first-order valence-electron chi connectivity index (χ1n) is 6.37. The van der Waals surface area contributed by atoms with Gasteiger partial charge in [-0.25, -0.2) is 9.78 Å². The number of carbonyl (C=O) groups excluding carboxylic acids is 1. The Balaban J connectivity index is 1.94. The van der Waals surface area contributed by atoms with Crippen LogP contribution in [0.3, 0.4) is 0 Å². The van der Waals surface area contributed by atoms with Crippen LogP contribution in [0, 0.1) is 0 Å². The van der Waals surface area contributed by atoms with Crippen molar-refractivity contribution in [1.82, 2.24) is 4.98 Å². The van der Waals surface area contributed by atoms with E-state index in [4.69, 9.17) is 0 Å². The van der Waals surface area contributed by atoms with Gasteiger partial charge in [-0.05, 0) is 52.9 Å². The second-order valence-electron chi connectivity index (χ2n) is 4.65. The van der Waals surface area contributed by atoms with Crippen molar-refractivity contribution in [1.29, 1.82) is 0 Å². The van der Waals surface area contributed by atoms with Gasteiger partial charge in [-0.2, -0.15) is 0 Å². The smallest absolute Gasteiger partial charge is 0.339 e. The highest BCUT2D eigenvalue weighted by molar-refractivity contribution is 9.10. The minimum Gasteiger partial charge on any atom is -0.478 e. The number of anilines is 1. The molecule has 0 saturated carbocycles. The number of amides is 1. The van der Waals surface area contributed by atoms with Gasteiger partial charge >= 0.3 is 5.97 Å². The molecule has 2 aromatic rings. The van der Waals surface area contributed by atoms with Gasteiger partial charge in [0, 0.05) is 15.5 Å². The molecule has 0 aromatic carbocycles. The summed E-state index contributed by atoms with van der Waals surface area (Å²) in [6.45, 7) is 0. The monoisotopic (exact) mass is 366 g/mol. The lowest BCUT2D eigenvalue weighted by Crippen LogP contribution is -2.15. The van der Waals surface area contributed by atoms with E-state index in [-0.39, 0.29) is 11.3 Å². The summed E-state index contributed by atoms with van der Waals surface area (Å²) in [5, 5.41) is 12.5. The van der Waals surface area contributed by atoms with Gasteiger partial charge in [0.2, 0.25) is 0 Å². The van der Waals surface area contributed by atoms with Gasteiger partial charge in [0.15, 0.2) is 0 Å². The van der Waals surface area contributed by atoms with E-state index in [0.717, 1.165) is 29.7 Å². The largest absolute Gasteiger partial charge is 0.478 e. The topological polar surface area (TPSA) is 79.3 Å². The molecule has 0 unspecified atom stereocenters. The third-order valence-corrected chi connectivity index (χ3v) is 5.18. The number of fused-ring (bicyclic) bond motifs is 1. The lowest BCUT2D eigenvalue weighted by atomic mass is 10.1. The maximum Gasteiger partial charge on any atom is 0.339 e. The van der Waals surface area contributed by atoms with Crippen LogP contribution in [0.1, 0.15) is 37.7 Å². The first kappa shape index (κ1) is 14.2. The summed E-state index contributed by atoms with van der Waals surface area (Å²) < 4.78 is 0.573. The van der Waals surface area contributed by atoms with Gasteiger partial charge in [-0.3, -0.25) is 4.79 Å². The Kier molecular flexibility index (Phi) is 3.77. The lowest BCUT2D eigenvalue weighted by Gasteiger charge is -2.06. The molecule has 0 atom stereocenters. The summed E-state index contributed by atoms with van der Waals surface area (Å²) in [5.41, 5.74) is 1.33. The fourth-order valence-electron chi connectivity index (χ4n) is 2.43. The van der Waals surface area contributed by atoms with E-state index >= 15 is 0 Å². The number of nitrogens with one attached hydrogen (secondary N) is 1. The molecule has 0 spiro atoms. The first-order chi connectivity index (χ1) is 10.1. The minimum atomic E-state index is -0.996. The molecule has 0 saturated heterocycles. The maximum absolute atomic E-state index is 12.2. The van der Waals surface area contributed by atoms with Crippen LogP contribution in [0.15, 0.2) is 22.8 Å². The molecule has 0 bridgehead atoms. The van der Waals surface area contributed by atoms with E-state index in [2.05, 4.69) is 26.2 Å². The van der Waals surface area contributed by atoms with Crippen molar-refractivity contribution in [3.05, 3.63) is 44.5 Å². The number of aryl methyl sites for hydroxylation is 1. The van der Waals surface area contributed by atoms with Gasteiger partial charge in [0.05, 0.1) is 5.56 Å². The molecular formula is C14H11BrN2O3S. The Morgan fingerprint density at radius 2 is 2.19 bits per heavy atom. The standard InChI is InChI=1S/C14H11BrN2O3S/c15-8-4-2-6-16-11(8)12(18)17-13-10(14(19)20)7-3-1-5-9(7)21-13/h2,4,6H,1,3,5H2,(H,17,18)(H,19,20). The molecule has 0 aliphatic heterocycles. The van der Waals surface area contributed by atoms with Crippen LogP contribution < -0.4 is 5.32 Å². The molecule has 1 amide bonds. The molecule has 1 aliphatic rings. The summed E-state index contributed by atoms with van der Waals surface area (Å²) in [7, 11) is 0. The molecule has 2 heterocycles. The molecule has 2 aromatic heterocycles. The molecule has 5 nitrogen and oxygen atoms in total. The van der Waals surface area contributed by atoms with Gasteiger partial charge in [-0.1, -0.05) is 0 Å². The zero-order chi connectivity index (χ0) is 15.0. The van der Waals surface area contributed by atoms with Gasteiger partial charge in [-0.15, -0.1) is 11.3 Å². The van der Waals surface area contributed by atoms with E-state index < -0.39 is 11.9 Å². The summed E-state index contributed by atoms with van der Waals surface area (Å²) in [6, 6.07) is 3.43. The first-order valence-corrected chi connectivity index (χ1v) is 7.98. The number of hydrogen-bond donors (Lipinski definition) is 2. The van der Waals surface area contributed by atoms with Crippen LogP contribution in [-0.4, -0.2) is 22.0 Å². The molecular weight excluding hydrogens is 356 g/mol. The Labute approximate surface area is 133 Å². The van der Waals surface area contributed by atoms with Crippen molar-refractivity contribution in [3.63, 3.8) is 0 Å². The summed E-state index contributed by atoms with van der Waals surface area (Å²) in [6.07, 6.45) is 4.13. The predicted octanol–water partition coefficient (Wildman–Crippen LogP) is 3.34. The number of hydrogen-bond acceptors (Lipinski definition) is 4. The minimum absolute atomic E-state index is 0.230. The molecule has 3 rings (SSSR count). The maximum atomic E-state index is 12.2. The lowest BCUT2D eigenvalue weighted by molar-refractivity contribution is 0.0697. The van der Waals surface area contributed by atoms with Crippen LogP contribution in [0.5, 0.6) is 0 Å². The highest BCUT2D eigenvalue weighted by atomic mass is 79.9. The van der Waals surface area contributed by atoms with Crippen molar-refractivity contribution in [2.45, 2.75) is 19.3 Å². The van der Waals surface area contributed by atoms with Crippen LogP contribution in [0.4, 0.5) is 5.00 Å². The van der Waals surface area contributed by atoms with E-state index in [1.54, 1.807) is 12.1 Å². The molecule has 21 heavy (non-hydrogen) atoms. The zero-order valence-corrected chi connectivity index (χ0v) is 13.3. The highest BCUT2D eigenvalue weighted by Crippen LogP contribution is 2.39. The van der Waals surface area contributed by atoms with Crippen molar-refractivity contribution in [2.24, 2.45) is 0 Å². The summed E-state index contributed by atoms with van der Waals surface area (Å²) >= 11 is 4.62. The molecule has 0 fully saturated rings. The fourth-order valence-corrected chi connectivity index (χ4v) is 4.15. The number of nitrogens with zero attached hydrogens (tertiary/aromatic N) is 1. The predicted molar refractivity (Wildman–Crippen MR) is 83.2 cm³/mol. The third-order valence-electron chi connectivity index (χ3n) is 3.34. The van der Waals surface area contributed by atoms with Crippen LogP contribution in [0.2, 0.25) is 0 Å². The average Bonchev–Trinajstić information content (AvgIpc) is 2.98. The van der Waals surface area contributed by atoms with E-state index in [1.807, 2.05) is 0 Å². The Hall–Kier alpha value is -1.73. The fraction of sp³-hybridized carbons (Fsp3) is 0.214. The quantitative estimate of drug-likeness (QED) is 0.872. The number of carboxylic acid groups (broad SMARTS) is 1. The Morgan fingerprint density at radius 3 is 2.90 bits per heavy atom. The Bertz CT molecular complexity index is 742. The molecule has 1 aliphatic carbocycles. The third kappa shape index (κ3) is 2.58. The van der Waals surface area contributed by atoms with E-state index in [9.17, 15) is 14.7 Å². The average molecular weight is 367 g/mol. The summed E-state index contributed by atoms with van der Waals surface area (Å²) in [5.74, 6) is -1.41.